The van der Waals surface area contributed by atoms with Crippen LogP contribution in [0.3, 0.4) is 0 Å². The summed E-state index contributed by atoms with van der Waals surface area (Å²) in [5.41, 5.74) is 3.97. The minimum atomic E-state index is -1.10. The number of methoxy groups -OCH3 is 1. The van der Waals surface area contributed by atoms with Gasteiger partial charge in [-0.05, 0) is 81.8 Å². The number of ether oxygens (including phenoxy) is 2. The van der Waals surface area contributed by atoms with Crippen LogP contribution in [0, 0.1) is 19.7 Å². The highest BCUT2D eigenvalue weighted by atomic mass is 19.1. The minimum Gasteiger partial charge on any atom is -0.490 e. The third kappa shape index (κ3) is 5.51. The normalized spacial score (nSPS) is 12.9. The lowest BCUT2D eigenvalue weighted by molar-refractivity contribution is -0.139. The highest BCUT2D eigenvalue weighted by Gasteiger charge is 2.27. The molecule has 0 radical (unpaired) electrons. The summed E-state index contributed by atoms with van der Waals surface area (Å²) in [6.45, 7) is 9.34. The molecule has 9 heteroatoms. The zero-order valence-corrected chi connectivity index (χ0v) is 21.8. The number of aromatic nitrogens is 2. The summed E-state index contributed by atoms with van der Waals surface area (Å²) in [4.78, 5) is 28.5. The number of carboxylic acids is 1. The number of aliphatic hydroxyl groups is 1. The molecule has 0 saturated heterocycles. The molecule has 0 atom stereocenters. The Morgan fingerprint density at radius 1 is 1.25 bits per heavy atom. The smallest absolute Gasteiger partial charge is 0.352 e. The van der Waals surface area contributed by atoms with E-state index in [9.17, 15) is 14.7 Å². The summed E-state index contributed by atoms with van der Waals surface area (Å²) in [5.74, 6) is -1.76. The fourth-order valence-corrected chi connectivity index (χ4v) is 4.34. The number of fused-ring (bicyclic) bond motifs is 2. The number of nitrogens with zero attached hydrogens (tertiary/aromatic N) is 2. The van der Waals surface area contributed by atoms with Gasteiger partial charge in [0.25, 0.3) is 0 Å². The molecule has 1 aromatic carbocycles. The van der Waals surface area contributed by atoms with E-state index in [1.54, 1.807) is 34.7 Å². The molecule has 0 unspecified atom stereocenters. The first-order valence-electron chi connectivity index (χ1n) is 11.7. The van der Waals surface area contributed by atoms with E-state index < -0.39 is 23.4 Å². The fourth-order valence-electron chi connectivity index (χ4n) is 4.34. The number of halogens is 1. The molecule has 194 valence electrons. The van der Waals surface area contributed by atoms with Crippen molar-refractivity contribution in [2.45, 2.75) is 59.5 Å². The lowest BCUT2D eigenvalue weighted by Crippen LogP contribution is -2.13. The largest absolute Gasteiger partial charge is 0.490 e. The van der Waals surface area contributed by atoms with Gasteiger partial charge in [0, 0.05) is 23.7 Å². The molecule has 0 saturated carbocycles. The lowest BCUT2D eigenvalue weighted by atomic mass is 9.87. The van der Waals surface area contributed by atoms with Gasteiger partial charge in [0.1, 0.15) is 11.3 Å². The van der Waals surface area contributed by atoms with Crippen molar-refractivity contribution < 1.29 is 33.7 Å². The molecule has 3 heterocycles. The molecule has 0 aliphatic carbocycles. The van der Waals surface area contributed by atoms with E-state index in [-0.39, 0.29) is 17.9 Å². The predicted molar refractivity (Wildman–Crippen MR) is 134 cm³/mol. The first kappa shape index (κ1) is 27.1. The SMILES string of the molecule is CC(C)(C)O.COC(=O)Cc1c(C)nc2c(cc(C(=O)O)n2C)c1-c1cc(F)c2c(c1C)CCCO2. The molecule has 0 fully saturated rings. The van der Waals surface area contributed by atoms with Gasteiger partial charge in [0.2, 0.25) is 0 Å². The van der Waals surface area contributed by atoms with Crippen LogP contribution in [-0.2, 0) is 29.4 Å². The van der Waals surface area contributed by atoms with Crippen molar-refractivity contribution in [3.8, 4) is 16.9 Å². The fraction of sp³-hybridized carbons (Fsp3) is 0.444. The highest BCUT2D eigenvalue weighted by molar-refractivity contribution is 6.02. The molecular weight excluding hydrogens is 467 g/mol. The second-order valence-electron chi connectivity index (χ2n) is 9.90. The Balaban J connectivity index is 0.000000658. The number of hydrogen-bond acceptors (Lipinski definition) is 6. The molecule has 4 rings (SSSR count). The van der Waals surface area contributed by atoms with Crippen molar-refractivity contribution >= 4 is 23.0 Å². The van der Waals surface area contributed by atoms with Crippen LogP contribution in [0.25, 0.3) is 22.2 Å². The van der Waals surface area contributed by atoms with Crippen LogP contribution in [0.2, 0.25) is 0 Å². The van der Waals surface area contributed by atoms with Crippen molar-refractivity contribution in [2.75, 3.05) is 13.7 Å². The summed E-state index contributed by atoms with van der Waals surface area (Å²) < 4.78 is 27.0. The van der Waals surface area contributed by atoms with E-state index in [0.717, 1.165) is 17.5 Å². The third-order valence-corrected chi connectivity index (χ3v) is 5.96. The summed E-state index contributed by atoms with van der Waals surface area (Å²) in [7, 11) is 2.92. The Hall–Kier alpha value is -3.46. The molecule has 0 amide bonds. The van der Waals surface area contributed by atoms with E-state index in [1.165, 1.54) is 23.8 Å². The Morgan fingerprint density at radius 2 is 1.89 bits per heavy atom. The summed E-state index contributed by atoms with van der Waals surface area (Å²) >= 11 is 0. The van der Waals surface area contributed by atoms with Gasteiger partial charge in [0.15, 0.2) is 11.6 Å². The molecule has 3 aromatic rings. The van der Waals surface area contributed by atoms with Crippen LogP contribution < -0.4 is 4.74 Å². The van der Waals surface area contributed by atoms with E-state index in [2.05, 4.69) is 4.98 Å². The van der Waals surface area contributed by atoms with Gasteiger partial charge in [-0.3, -0.25) is 4.79 Å². The first-order chi connectivity index (χ1) is 16.7. The lowest BCUT2D eigenvalue weighted by Gasteiger charge is -2.23. The molecular formula is C27H33FN2O6. The van der Waals surface area contributed by atoms with Crippen LogP contribution in [-0.4, -0.2) is 51.0 Å². The van der Waals surface area contributed by atoms with Gasteiger partial charge in [-0.15, -0.1) is 0 Å². The second-order valence-corrected chi connectivity index (χ2v) is 9.90. The standard InChI is InChI=1S/C23H23FN2O5.C4H10O/c1-11-13-6-5-7-31-21(13)17(24)8-14(11)20-15(10-19(27)30-4)12(2)25-22-16(20)9-18(23(28)29)26(22)3;1-4(2,3)5/h8-9H,5-7,10H2,1-4H3,(H,28,29);5H,1-3H3. The maximum Gasteiger partial charge on any atom is 0.352 e. The average Bonchev–Trinajstić information content (AvgIpc) is 3.12. The van der Waals surface area contributed by atoms with Gasteiger partial charge in [-0.25, -0.2) is 14.2 Å². The number of aryl methyl sites for hydroxylation is 2. The number of pyridine rings is 1. The van der Waals surface area contributed by atoms with Gasteiger partial charge < -0.3 is 24.3 Å². The Kier molecular flexibility index (Phi) is 7.73. The minimum absolute atomic E-state index is 0.0535. The number of carbonyl (C=O) groups excluding carboxylic acids is 1. The monoisotopic (exact) mass is 500 g/mol. The number of hydrogen-bond donors (Lipinski definition) is 2. The van der Waals surface area contributed by atoms with E-state index >= 15 is 4.39 Å². The number of aromatic carboxylic acids is 1. The van der Waals surface area contributed by atoms with Crippen LogP contribution >= 0.6 is 0 Å². The number of benzene rings is 1. The van der Waals surface area contributed by atoms with E-state index in [4.69, 9.17) is 14.6 Å². The maximum absolute atomic E-state index is 15.0. The molecule has 1 aliphatic rings. The van der Waals surface area contributed by atoms with Crippen LogP contribution in [0.4, 0.5) is 4.39 Å². The van der Waals surface area contributed by atoms with E-state index in [0.29, 0.717) is 46.4 Å². The molecule has 0 bridgehead atoms. The molecule has 36 heavy (non-hydrogen) atoms. The van der Waals surface area contributed by atoms with Crippen molar-refractivity contribution in [1.29, 1.82) is 0 Å². The molecule has 8 nitrogen and oxygen atoms in total. The van der Waals surface area contributed by atoms with Gasteiger partial charge in [-0.2, -0.15) is 0 Å². The Morgan fingerprint density at radius 3 is 2.47 bits per heavy atom. The van der Waals surface area contributed by atoms with Gasteiger partial charge in [-0.1, -0.05) is 0 Å². The van der Waals surface area contributed by atoms with Crippen LogP contribution in [0.1, 0.15) is 60.1 Å². The predicted octanol–water partition coefficient (Wildman–Crippen LogP) is 4.51. The van der Waals surface area contributed by atoms with Crippen LogP contribution in [0.5, 0.6) is 5.75 Å². The van der Waals surface area contributed by atoms with Crippen molar-refractivity contribution in [2.24, 2.45) is 7.05 Å². The molecule has 0 spiro atoms. The highest BCUT2D eigenvalue weighted by Crippen LogP contribution is 2.42. The molecule has 1 aliphatic heterocycles. The second kappa shape index (κ2) is 10.3. The van der Waals surface area contributed by atoms with Gasteiger partial charge in [0.05, 0.1) is 25.7 Å². The summed E-state index contributed by atoms with van der Waals surface area (Å²) in [6, 6.07) is 2.93. The maximum atomic E-state index is 15.0. The van der Waals surface area contributed by atoms with Gasteiger partial charge >= 0.3 is 11.9 Å². The summed E-state index contributed by atoms with van der Waals surface area (Å²) in [5, 5.41) is 18.7. The Labute approximate surface area is 209 Å². The third-order valence-electron chi connectivity index (χ3n) is 5.96. The van der Waals surface area contributed by atoms with Crippen molar-refractivity contribution in [3.63, 3.8) is 0 Å². The quantitative estimate of drug-likeness (QED) is 0.507. The van der Waals surface area contributed by atoms with Crippen molar-refractivity contribution in [3.05, 3.63) is 46.0 Å². The first-order valence-corrected chi connectivity index (χ1v) is 11.7. The van der Waals surface area contributed by atoms with Crippen LogP contribution in [0.15, 0.2) is 12.1 Å². The topological polar surface area (TPSA) is 111 Å². The number of carbonyl (C=O) groups is 2. The zero-order chi connectivity index (χ0) is 26.9. The molecule has 2 aromatic heterocycles. The zero-order valence-electron chi connectivity index (χ0n) is 21.8. The van der Waals surface area contributed by atoms with Crippen molar-refractivity contribution in [1.82, 2.24) is 9.55 Å². The summed E-state index contributed by atoms with van der Waals surface area (Å²) in [6.07, 6.45) is 1.40. The van der Waals surface area contributed by atoms with E-state index in [1.807, 2.05) is 6.92 Å². The number of esters is 1. The Bertz CT molecular complexity index is 1330. The molecule has 2 N–H and O–H groups in total. The number of rotatable bonds is 4. The number of carboxylic acid groups (broad SMARTS) is 1. The average molecular weight is 501 g/mol.